The van der Waals surface area contributed by atoms with Crippen molar-refractivity contribution in [1.82, 2.24) is 4.90 Å². The molecule has 0 aromatic heterocycles. The number of likely N-dealkylation sites (N-methyl/N-ethyl adjacent to an activating group) is 1. The van der Waals surface area contributed by atoms with Crippen molar-refractivity contribution >= 4 is 0 Å². The number of likely N-dealkylation sites (tertiary alicyclic amines) is 1. The van der Waals surface area contributed by atoms with Crippen LogP contribution in [-0.2, 0) is 10.3 Å². The van der Waals surface area contributed by atoms with E-state index in [-0.39, 0.29) is 18.6 Å². The second-order valence-electron chi connectivity index (χ2n) is 7.99. The van der Waals surface area contributed by atoms with Gasteiger partial charge in [-0.3, -0.25) is 4.90 Å². The smallest absolute Gasteiger partial charge is 0.143 e. The molecule has 3 atom stereocenters. The van der Waals surface area contributed by atoms with E-state index >= 15 is 0 Å². The SMILES string of the molecule is C=C[C@H]1[C@H]([C@H](O)COC(c2ccccc2)(c2ccccc2)c2ccccc2)CN1C. The second kappa shape index (κ2) is 8.97. The lowest BCUT2D eigenvalue weighted by Crippen LogP contribution is -2.58. The number of aliphatic hydroxyl groups is 1. The molecule has 1 aliphatic rings. The average Bonchev–Trinajstić information content (AvgIpc) is 2.80. The van der Waals surface area contributed by atoms with E-state index in [9.17, 15) is 5.11 Å². The molecule has 30 heavy (non-hydrogen) atoms. The molecule has 1 saturated heterocycles. The fourth-order valence-electron chi connectivity index (χ4n) is 4.56. The minimum atomic E-state index is -0.802. The van der Waals surface area contributed by atoms with Crippen molar-refractivity contribution in [2.75, 3.05) is 20.2 Å². The summed E-state index contributed by atoms with van der Waals surface area (Å²) in [6.07, 6.45) is 1.34. The van der Waals surface area contributed by atoms with Gasteiger partial charge in [0.1, 0.15) is 5.60 Å². The summed E-state index contributed by atoms with van der Waals surface area (Å²) in [5.41, 5.74) is 2.33. The topological polar surface area (TPSA) is 32.7 Å². The third-order valence-electron chi connectivity index (χ3n) is 6.19. The monoisotopic (exact) mass is 399 g/mol. The Bertz CT molecular complexity index is 846. The van der Waals surface area contributed by atoms with E-state index in [1.54, 1.807) is 0 Å². The number of hydrogen-bond acceptors (Lipinski definition) is 3. The molecular weight excluding hydrogens is 370 g/mol. The summed E-state index contributed by atoms with van der Waals surface area (Å²) in [5, 5.41) is 11.0. The minimum absolute atomic E-state index is 0.132. The Morgan fingerprint density at radius 3 is 1.73 bits per heavy atom. The fourth-order valence-corrected chi connectivity index (χ4v) is 4.56. The van der Waals surface area contributed by atoms with Crippen molar-refractivity contribution in [2.24, 2.45) is 5.92 Å². The first-order chi connectivity index (χ1) is 14.7. The molecule has 3 aromatic carbocycles. The van der Waals surface area contributed by atoms with Crippen LogP contribution in [0.1, 0.15) is 16.7 Å². The summed E-state index contributed by atoms with van der Waals surface area (Å²) in [6.45, 7) is 5.00. The summed E-state index contributed by atoms with van der Waals surface area (Å²) < 4.78 is 6.73. The predicted molar refractivity (Wildman–Crippen MR) is 121 cm³/mol. The van der Waals surface area contributed by atoms with E-state index in [0.717, 1.165) is 23.2 Å². The highest BCUT2D eigenvalue weighted by atomic mass is 16.5. The Hall–Kier alpha value is -2.72. The third-order valence-corrected chi connectivity index (χ3v) is 6.19. The molecule has 0 aliphatic carbocycles. The Labute approximate surface area is 179 Å². The quantitative estimate of drug-likeness (QED) is 0.448. The van der Waals surface area contributed by atoms with Crippen LogP contribution in [0.4, 0.5) is 0 Å². The van der Waals surface area contributed by atoms with Crippen LogP contribution in [0.25, 0.3) is 0 Å². The van der Waals surface area contributed by atoms with Crippen molar-refractivity contribution in [3.8, 4) is 0 Å². The van der Waals surface area contributed by atoms with Crippen LogP contribution in [0.15, 0.2) is 104 Å². The molecule has 0 saturated carbocycles. The zero-order valence-electron chi connectivity index (χ0n) is 17.4. The molecule has 0 unspecified atom stereocenters. The highest BCUT2D eigenvalue weighted by Crippen LogP contribution is 2.41. The van der Waals surface area contributed by atoms with E-state index in [4.69, 9.17) is 4.74 Å². The maximum absolute atomic E-state index is 11.0. The third kappa shape index (κ3) is 3.72. The van der Waals surface area contributed by atoms with Crippen LogP contribution in [0.3, 0.4) is 0 Å². The number of aliphatic hydroxyl groups excluding tert-OH is 1. The first kappa shape index (κ1) is 20.5. The van der Waals surface area contributed by atoms with Gasteiger partial charge in [0.25, 0.3) is 0 Å². The molecule has 3 nitrogen and oxygen atoms in total. The Balaban J connectivity index is 1.74. The summed E-state index contributed by atoms with van der Waals surface area (Å²) in [5.74, 6) is 0.132. The van der Waals surface area contributed by atoms with Crippen LogP contribution < -0.4 is 0 Å². The van der Waals surface area contributed by atoms with E-state index in [1.165, 1.54) is 0 Å². The van der Waals surface area contributed by atoms with E-state index in [1.807, 2.05) is 60.7 Å². The highest BCUT2D eigenvalue weighted by Gasteiger charge is 2.42. The number of hydrogen-bond donors (Lipinski definition) is 1. The molecule has 0 bridgehead atoms. The number of rotatable bonds is 8. The molecule has 3 aromatic rings. The number of benzene rings is 3. The fraction of sp³-hybridized carbons (Fsp3) is 0.259. The molecule has 4 rings (SSSR count). The zero-order chi connectivity index (χ0) is 21.0. The second-order valence-corrected chi connectivity index (χ2v) is 7.99. The molecule has 1 aliphatic heterocycles. The van der Waals surface area contributed by atoms with Gasteiger partial charge >= 0.3 is 0 Å². The molecule has 3 heteroatoms. The van der Waals surface area contributed by atoms with Gasteiger partial charge in [-0.05, 0) is 23.7 Å². The lowest BCUT2D eigenvalue weighted by Gasteiger charge is -2.47. The van der Waals surface area contributed by atoms with Crippen LogP contribution in [0.2, 0.25) is 0 Å². The first-order valence-electron chi connectivity index (χ1n) is 10.5. The predicted octanol–water partition coefficient (Wildman–Crippen LogP) is 4.47. The highest BCUT2D eigenvalue weighted by molar-refractivity contribution is 5.47. The summed E-state index contributed by atoms with van der Waals surface area (Å²) in [7, 11) is 2.05. The van der Waals surface area contributed by atoms with Crippen LogP contribution in [0.5, 0.6) is 0 Å². The summed E-state index contributed by atoms with van der Waals surface area (Å²) in [6, 6.07) is 31.0. The van der Waals surface area contributed by atoms with Crippen LogP contribution in [-0.4, -0.2) is 42.4 Å². The van der Waals surface area contributed by atoms with Crippen molar-refractivity contribution in [3.63, 3.8) is 0 Å². The molecule has 1 heterocycles. The molecule has 0 amide bonds. The van der Waals surface area contributed by atoms with Crippen molar-refractivity contribution in [3.05, 3.63) is 120 Å². The molecule has 1 fully saturated rings. The normalized spacial score (nSPS) is 20.3. The maximum Gasteiger partial charge on any atom is 0.143 e. The average molecular weight is 400 g/mol. The minimum Gasteiger partial charge on any atom is -0.390 e. The zero-order valence-corrected chi connectivity index (χ0v) is 17.4. The van der Waals surface area contributed by atoms with Gasteiger partial charge in [0.2, 0.25) is 0 Å². The van der Waals surface area contributed by atoms with Crippen molar-refractivity contribution in [1.29, 1.82) is 0 Å². The van der Waals surface area contributed by atoms with Gasteiger partial charge in [-0.25, -0.2) is 0 Å². The van der Waals surface area contributed by atoms with Crippen LogP contribution >= 0.6 is 0 Å². The van der Waals surface area contributed by atoms with E-state index in [0.29, 0.717) is 0 Å². The largest absolute Gasteiger partial charge is 0.390 e. The van der Waals surface area contributed by atoms with Gasteiger partial charge in [0.15, 0.2) is 0 Å². The first-order valence-corrected chi connectivity index (χ1v) is 10.5. The molecule has 154 valence electrons. The van der Waals surface area contributed by atoms with Gasteiger partial charge in [0, 0.05) is 18.5 Å². The molecule has 1 N–H and O–H groups in total. The van der Waals surface area contributed by atoms with Gasteiger partial charge in [0.05, 0.1) is 12.7 Å². The molecular formula is C27H29NO2. The van der Waals surface area contributed by atoms with Crippen molar-refractivity contribution < 1.29 is 9.84 Å². The molecule has 0 radical (unpaired) electrons. The van der Waals surface area contributed by atoms with Gasteiger partial charge < -0.3 is 9.84 Å². The van der Waals surface area contributed by atoms with E-state index < -0.39 is 11.7 Å². The van der Waals surface area contributed by atoms with Gasteiger partial charge in [-0.15, -0.1) is 6.58 Å². The summed E-state index contributed by atoms with van der Waals surface area (Å²) >= 11 is 0. The number of ether oxygens (including phenoxy) is 1. The lowest BCUT2D eigenvalue weighted by molar-refractivity contribution is -0.0936. The molecule has 0 spiro atoms. The van der Waals surface area contributed by atoms with E-state index in [2.05, 4.69) is 54.9 Å². The summed E-state index contributed by atoms with van der Waals surface area (Å²) in [4.78, 5) is 2.19. The standard InChI is InChI=1S/C27H29NO2/c1-3-25-24(19-28(25)2)26(29)20-30-27(21-13-7-4-8-14-21,22-15-9-5-10-16-22)23-17-11-6-12-18-23/h3-18,24-26,29H,1,19-20H2,2H3/t24-,25+,26-/m1/s1. The van der Waals surface area contributed by atoms with Gasteiger partial charge in [-0.1, -0.05) is 97.1 Å². The van der Waals surface area contributed by atoms with Crippen LogP contribution in [0, 0.1) is 5.92 Å². The lowest BCUT2D eigenvalue weighted by atomic mass is 9.79. The van der Waals surface area contributed by atoms with Gasteiger partial charge in [-0.2, -0.15) is 0 Å². The maximum atomic E-state index is 11.0. The Morgan fingerprint density at radius 2 is 1.37 bits per heavy atom. The Morgan fingerprint density at radius 1 is 0.933 bits per heavy atom. The Kier molecular flexibility index (Phi) is 6.14. The van der Waals surface area contributed by atoms with Crippen molar-refractivity contribution in [2.45, 2.75) is 17.7 Å². The number of nitrogens with zero attached hydrogens (tertiary/aromatic N) is 1.